The zero-order valence-corrected chi connectivity index (χ0v) is 12.7. The summed E-state index contributed by atoms with van der Waals surface area (Å²) in [5.74, 6) is -0.548. The van der Waals surface area contributed by atoms with Crippen LogP contribution in [0.2, 0.25) is 5.02 Å². The zero-order valence-electron chi connectivity index (χ0n) is 11.2. The van der Waals surface area contributed by atoms with Crippen LogP contribution >= 0.6 is 23.2 Å². The molecule has 0 aliphatic rings. The van der Waals surface area contributed by atoms with Gasteiger partial charge in [-0.1, -0.05) is 11.6 Å². The normalized spacial score (nSPS) is 14.3. The Morgan fingerprint density at radius 1 is 1.45 bits per heavy atom. The third-order valence-corrected chi connectivity index (χ3v) is 3.53. The van der Waals surface area contributed by atoms with Gasteiger partial charge in [0.15, 0.2) is 0 Å². The van der Waals surface area contributed by atoms with E-state index < -0.39 is 23.2 Å². The van der Waals surface area contributed by atoms with Gasteiger partial charge in [-0.3, -0.25) is 0 Å². The Balaban J connectivity index is 2.74. The number of halogens is 3. The van der Waals surface area contributed by atoms with Crippen molar-refractivity contribution in [3.8, 4) is 0 Å². The minimum absolute atomic E-state index is 0.0375. The summed E-state index contributed by atoms with van der Waals surface area (Å²) in [4.78, 5) is 16.0. The summed E-state index contributed by atoms with van der Waals surface area (Å²) in [5, 5.41) is -0.485. The standard InChI is InChI=1S/C13H13Cl2FN2O2/c1-6(14)12-17-10-5-9(16)8(15)4-11(10)18(12)7(2)13(19)20-3/h4-7H,1-3H3. The molecule has 1 heterocycles. The van der Waals surface area contributed by atoms with E-state index in [1.165, 1.54) is 19.2 Å². The highest BCUT2D eigenvalue weighted by Gasteiger charge is 2.25. The molecule has 0 N–H and O–H groups in total. The molecule has 0 saturated heterocycles. The second-order valence-electron chi connectivity index (χ2n) is 4.41. The number of aromatic nitrogens is 2. The molecule has 2 unspecified atom stereocenters. The van der Waals surface area contributed by atoms with Crippen LogP contribution < -0.4 is 0 Å². The third-order valence-electron chi connectivity index (χ3n) is 3.04. The van der Waals surface area contributed by atoms with Crippen molar-refractivity contribution >= 4 is 40.2 Å². The Bertz CT molecular complexity index is 670. The Morgan fingerprint density at radius 2 is 2.10 bits per heavy atom. The van der Waals surface area contributed by atoms with E-state index in [4.69, 9.17) is 27.9 Å². The molecular weight excluding hydrogens is 306 g/mol. The van der Waals surface area contributed by atoms with Gasteiger partial charge in [0.05, 0.1) is 28.5 Å². The number of benzene rings is 1. The summed E-state index contributed by atoms with van der Waals surface area (Å²) in [5.41, 5.74) is 0.932. The first-order valence-corrected chi connectivity index (χ1v) is 6.77. The van der Waals surface area contributed by atoms with Gasteiger partial charge in [0.25, 0.3) is 0 Å². The van der Waals surface area contributed by atoms with Gasteiger partial charge >= 0.3 is 5.97 Å². The topological polar surface area (TPSA) is 44.1 Å². The molecule has 0 radical (unpaired) electrons. The Labute approximate surface area is 125 Å². The van der Waals surface area contributed by atoms with Crippen LogP contribution in [-0.2, 0) is 9.53 Å². The van der Waals surface area contributed by atoms with E-state index in [9.17, 15) is 9.18 Å². The number of rotatable bonds is 3. The Morgan fingerprint density at radius 3 is 2.65 bits per heavy atom. The quantitative estimate of drug-likeness (QED) is 0.637. The summed E-state index contributed by atoms with van der Waals surface area (Å²) in [6.07, 6.45) is 0. The molecule has 1 aromatic carbocycles. The van der Waals surface area contributed by atoms with Gasteiger partial charge in [-0.05, 0) is 19.9 Å². The molecule has 0 amide bonds. The summed E-state index contributed by atoms with van der Waals surface area (Å²) < 4.78 is 19.9. The Kier molecular flexibility index (Phi) is 4.20. The first-order valence-electron chi connectivity index (χ1n) is 5.95. The summed E-state index contributed by atoms with van der Waals surface area (Å²) in [7, 11) is 1.30. The molecule has 0 saturated carbocycles. The van der Waals surface area contributed by atoms with Crippen molar-refractivity contribution in [2.75, 3.05) is 7.11 Å². The zero-order chi connectivity index (χ0) is 15.0. The largest absolute Gasteiger partial charge is 0.467 e. The molecule has 0 fully saturated rings. The van der Waals surface area contributed by atoms with Crippen molar-refractivity contribution in [1.82, 2.24) is 9.55 Å². The summed E-state index contributed by atoms with van der Waals surface area (Å²) in [6, 6.07) is 2.02. The monoisotopic (exact) mass is 318 g/mol. The molecule has 4 nitrogen and oxygen atoms in total. The van der Waals surface area contributed by atoms with Crippen LogP contribution in [0.3, 0.4) is 0 Å². The molecule has 0 aliphatic carbocycles. The van der Waals surface area contributed by atoms with E-state index in [1.807, 2.05) is 0 Å². The number of nitrogens with zero attached hydrogens (tertiary/aromatic N) is 2. The van der Waals surface area contributed by atoms with Crippen LogP contribution in [-0.4, -0.2) is 22.6 Å². The number of imidazole rings is 1. The number of ether oxygens (including phenoxy) is 1. The van der Waals surface area contributed by atoms with Gasteiger partial charge in [0.1, 0.15) is 17.7 Å². The molecule has 20 heavy (non-hydrogen) atoms. The lowest BCUT2D eigenvalue weighted by atomic mass is 10.2. The third kappa shape index (κ3) is 2.47. The minimum atomic E-state index is -0.636. The highest BCUT2D eigenvalue weighted by molar-refractivity contribution is 6.31. The van der Waals surface area contributed by atoms with Gasteiger partial charge in [0.2, 0.25) is 0 Å². The highest BCUT2D eigenvalue weighted by Crippen LogP contribution is 2.31. The predicted octanol–water partition coefficient (Wildman–Crippen LogP) is 3.86. The lowest BCUT2D eigenvalue weighted by molar-refractivity contribution is -0.143. The van der Waals surface area contributed by atoms with E-state index >= 15 is 0 Å². The lowest BCUT2D eigenvalue weighted by Gasteiger charge is -2.16. The number of hydrogen-bond acceptors (Lipinski definition) is 3. The fourth-order valence-electron chi connectivity index (χ4n) is 2.07. The van der Waals surface area contributed by atoms with Crippen molar-refractivity contribution in [2.24, 2.45) is 0 Å². The van der Waals surface area contributed by atoms with Crippen molar-refractivity contribution < 1.29 is 13.9 Å². The van der Waals surface area contributed by atoms with Gasteiger partial charge in [-0.2, -0.15) is 0 Å². The van der Waals surface area contributed by atoms with Crippen LogP contribution in [0.5, 0.6) is 0 Å². The number of esters is 1. The number of alkyl halides is 1. The molecule has 0 bridgehead atoms. The fraction of sp³-hybridized carbons (Fsp3) is 0.385. The maximum atomic E-state index is 13.5. The predicted molar refractivity (Wildman–Crippen MR) is 75.7 cm³/mol. The first kappa shape index (κ1) is 15.1. The van der Waals surface area contributed by atoms with E-state index in [0.29, 0.717) is 16.9 Å². The van der Waals surface area contributed by atoms with Crippen LogP contribution in [0.25, 0.3) is 11.0 Å². The maximum Gasteiger partial charge on any atom is 0.328 e. The van der Waals surface area contributed by atoms with Crippen LogP contribution in [0.4, 0.5) is 4.39 Å². The molecule has 2 rings (SSSR count). The van der Waals surface area contributed by atoms with Crippen LogP contribution in [0, 0.1) is 5.82 Å². The SMILES string of the molecule is COC(=O)C(C)n1c(C(C)Cl)nc2cc(F)c(Cl)cc21. The minimum Gasteiger partial charge on any atom is -0.467 e. The van der Waals surface area contributed by atoms with Gasteiger partial charge < -0.3 is 9.30 Å². The number of carbonyl (C=O) groups is 1. The number of hydrogen-bond donors (Lipinski definition) is 0. The van der Waals surface area contributed by atoms with Crippen LogP contribution in [0.15, 0.2) is 12.1 Å². The maximum absolute atomic E-state index is 13.5. The average Bonchev–Trinajstić information content (AvgIpc) is 2.76. The number of fused-ring (bicyclic) bond motifs is 1. The van der Waals surface area contributed by atoms with Crippen molar-refractivity contribution in [3.05, 3.63) is 28.8 Å². The molecular formula is C13H13Cl2FN2O2. The Hall–Kier alpha value is -1.33. The first-order chi connectivity index (χ1) is 9.36. The van der Waals surface area contributed by atoms with Crippen molar-refractivity contribution in [1.29, 1.82) is 0 Å². The van der Waals surface area contributed by atoms with E-state index in [0.717, 1.165) is 0 Å². The average molecular weight is 319 g/mol. The number of methoxy groups -OCH3 is 1. The lowest BCUT2D eigenvalue weighted by Crippen LogP contribution is -2.20. The molecule has 0 aliphatic heterocycles. The molecule has 108 valence electrons. The molecule has 7 heteroatoms. The van der Waals surface area contributed by atoms with E-state index in [1.54, 1.807) is 18.4 Å². The van der Waals surface area contributed by atoms with Gasteiger partial charge in [-0.15, -0.1) is 11.6 Å². The smallest absolute Gasteiger partial charge is 0.328 e. The van der Waals surface area contributed by atoms with Crippen LogP contribution in [0.1, 0.15) is 31.1 Å². The molecule has 2 atom stereocenters. The molecule has 0 spiro atoms. The van der Waals surface area contributed by atoms with Crippen molar-refractivity contribution in [3.63, 3.8) is 0 Å². The summed E-state index contributed by atoms with van der Waals surface area (Å²) >= 11 is 11.9. The van der Waals surface area contributed by atoms with Gasteiger partial charge in [-0.25, -0.2) is 14.2 Å². The second-order valence-corrected chi connectivity index (χ2v) is 5.47. The van der Waals surface area contributed by atoms with E-state index in [2.05, 4.69) is 4.98 Å². The summed E-state index contributed by atoms with van der Waals surface area (Å²) in [6.45, 7) is 3.38. The second kappa shape index (κ2) is 5.58. The highest BCUT2D eigenvalue weighted by atomic mass is 35.5. The van der Waals surface area contributed by atoms with Gasteiger partial charge in [0, 0.05) is 6.07 Å². The molecule has 1 aromatic heterocycles. The fourth-order valence-corrected chi connectivity index (χ4v) is 2.38. The number of carbonyl (C=O) groups excluding carboxylic acids is 1. The van der Waals surface area contributed by atoms with Crippen molar-refractivity contribution in [2.45, 2.75) is 25.3 Å². The molecule has 2 aromatic rings. The van der Waals surface area contributed by atoms with E-state index in [-0.39, 0.29) is 5.02 Å².